The zero-order valence-corrected chi connectivity index (χ0v) is 28.1. The standard InChI is InChI=1S/C40H41NO7/c1-6-8-20-44-32-15-17-34(26(3)23-32)39(42)46-31-13-10-29(11-14-31)37-25-41-38(47-37)30-12-19-36(28(5)22-30)48-40(43)35-18-16-33(24-27(35)4)45-21-9-7-2/h10-19,22-25H,6-9,20-21H2,1-5H3. The Morgan fingerprint density at radius 2 is 1.17 bits per heavy atom. The largest absolute Gasteiger partial charge is 0.494 e. The fraction of sp³-hybridized carbons (Fsp3) is 0.275. The summed E-state index contributed by atoms with van der Waals surface area (Å²) in [5.41, 5.74) is 4.82. The van der Waals surface area contributed by atoms with Crippen molar-refractivity contribution < 1.29 is 33.0 Å². The molecule has 0 aliphatic carbocycles. The average Bonchev–Trinajstić information content (AvgIpc) is 3.57. The lowest BCUT2D eigenvalue weighted by molar-refractivity contribution is 0.0723. The Bertz CT molecular complexity index is 1870. The number of aryl methyl sites for hydroxylation is 3. The first-order valence-electron chi connectivity index (χ1n) is 16.3. The van der Waals surface area contributed by atoms with Gasteiger partial charge < -0.3 is 23.4 Å². The lowest BCUT2D eigenvalue weighted by Gasteiger charge is -2.11. The van der Waals surface area contributed by atoms with Crippen molar-refractivity contribution >= 4 is 11.9 Å². The molecule has 0 aliphatic rings. The molecule has 0 N–H and O–H groups in total. The van der Waals surface area contributed by atoms with Gasteiger partial charge in [0.25, 0.3) is 0 Å². The Balaban J connectivity index is 1.20. The number of hydrogen-bond acceptors (Lipinski definition) is 8. The fourth-order valence-corrected chi connectivity index (χ4v) is 5.02. The van der Waals surface area contributed by atoms with Crippen LogP contribution in [-0.4, -0.2) is 30.1 Å². The van der Waals surface area contributed by atoms with Gasteiger partial charge >= 0.3 is 11.9 Å². The zero-order valence-electron chi connectivity index (χ0n) is 28.1. The van der Waals surface area contributed by atoms with Crippen molar-refractivity contribution in [3.63, 3.8) is 0 Å². The van der Waals surface area contributed by atoms with Gasteiger partial charge in [0.2, 0.25) is 5.89 Å². The van der Waals surface area contributed by atoms with Crippen molar-refractivity contribution in [2.45, 2.75) is 60.3 Å². The summed E-state index contributed by atoms with van der Waals surface area (Å²) in [6.07, 6.45) is 5.71. The molecule has 0 fully saturated rings. The SMILES string of the molecule is CCCCOc1ccc(C(=O)Oc2ccc(-c3cnc(-c4ccc(OC(=O)c5ccc(OCCCC)cc5C)c(C)c4)o3)cc2)c(C)c1. The second kappa shape index (κ2) is 16.0. The zero-order chi connectivity index (χ0) is 34.0. The third kappa shape index (κ3) is 8.50. The molecule has 5 rings (SSSR count). The molecule has 8 nitrogen and oxygen atoms in total. The van der Waals surface area contributed by atoms with Crippen molar-refractivity contribution in [3.8, 4) is 45.8 Å². The minimum Gasteiger partial charge on any atom is -0.494 e. The Morgan fingerprint density at radius 3 is 1.71 bits per heavy atom. The summed E-state index contributed by atoms with van der Waals surface area (Å²) in [4.78, 5) is 30.3. The van der Waals surface area contributed by atoms with E-state index in [-0.39, 0.29) is 0 Å². The Hall–Kier alpha value is -5.37. The van der Waals surface area contributed by atoms with Gasteiger partial charge in [0.05, 0.1) is 30.5 Å². The number of rotatable bonds is 14. The highest BCUT2D eigenvalue weighted by molar-refractivity contribution is 5.93. The van der Waals surface area contributed by atoms with Gasteiger partial charge in [0, 0.05) is 11.1 Å². The monoisotopic (exact) mass is 647 g/mol. The van der Waals surface area contributed by atoms with Crippen LogP contribution in [0.1, 0.15) is 76.9 Å². The van der Waals surface area contributed by atoms with Crippen LogP contribution in [0.5, 0.6) is 23.0 Å². The summed E-state index contributed by atoms with van der Waals surface area (Å²) >= 11 is 0. The lowest BCUT2D eigenvalue weighted by atomic mass is 10.1. The molecule has 0 saturated carbocycles. The number of oxazole rings is 1. The smallest absolute Gasteiger partial charge is 0.343 e. The second-order valence-corrected chi connectivity index (χ2v) is 11.7. The first-order valence-corrected chi connectivity index (χ1v) is 16.3. The number of unbranched alkanes of at least 4 members (excludes halogenated alkanes) is 2. The molecule has 4 aromatic carbocycles. The van der Waals surface area contributed by atoms with E-state index < -0.39 is 11.9 Å². The molecule has 0 atom stereocenters. The van der Waals surface area contributed by atoms with Gasteiger partial charge in [-0.15, -0.1) is 0 Å². The maximum Gasteiger partial charge on any atom is 0.343 e. The van der Waals surface area contributed by atoms with Gasteiger partial charge in [-0.05, 0) is 129 Å². The normalized spacial score (nSPS) is 10.9. The van der Waals surface area contributed by atoms with Crippen LogP contribution in [0.4, 0.5) is 0 Å². The number of esters is 2. The summed E-state index contributed by atoms with van der Waals surface area (Å²) in [7, 11) is 0. The van der Waals surface area contributed by atoms with E-state index in [0.29, 0.717) is 47.5 Å². The minimum absolute atomic E-state index is 0.415. The van der Waals surface area contributed by atoms with E-state index in [0.717, 1.165) is 65.0 Å². The van der Waals surface area contributed by atoms with E-state index in [1.165, 1.54) is 0 Å². The van der Waals surface area contributed by atoms with Crippen LogP contribution in [0.25, 0.3) is 22.8 Å². The van der Waals surface area contributed by atoms with Gasteiger partial charge in [-0.3, -0.25) is 0 Å². The van der Waals surface area contributed by atoms with Crippen LogP contribution in [0.15, 0.2) is 89.5 Å². The molecule has 1 aromatic heterocycles. The highest BCUT2D eigenvalue weighted by Gasteiger charge is 2.17. The lowest BCUT2D eigenvalue weighted by Crippen LogP contribution is -2.11. The molecule has 0 radical (unpaired) electrons. The predicted molar refractivity (Wildman–Crippen MR) is 185 cm³/mol. The Labute approximate surface area is 281 Å². The van der Waals surface area contributed by atoms with Crippen molar-refractivity contribution in [1.82, 2.24) is 4.98 Å². The van der Waals surface area contributed by atoms with Gasteiger partial charge in [0.1, 0.15) is 23.0 Å². The molecule has 8 heteroatoms. The number of benzene rings is 4. The highest BCUT2D eigenvalue weighted by atomic mass is 16.5. The third-order valence-corrected chi connectivity index (χ3v) is 7.85. The maximum atomic E-state index is 13.0. The number of carbonyl (C=O) groups excluding carboxylic acids is 2. The Morgan fingerprint density at radius 1 is 0.625 bits per heavy atom. The molecular weight excluding hydrogens is 606 g/mol. The van der Waals surface area contributed by atoms with E-state index >= 15 is 0 Å². The topological polar surface area (TPSA) is 97.1 Å². The average molecular weight is 648 g/mol. The molecule has 1 heterocycles. The highest BCUT2D eigenvalue weighted by Crippen LogP contribution is 2.31. The summed E-state index contributed by atoms with van der Waals surface area (Å²) in [5, 5.41) is 0. The van der Waals surface area contributed by atoms with Crippen LogP contribution in [-0.2, 0) is 0 Å². The molecule has 0 amide bonds. The number of ether oxygens (including phenoxy) is 4. The summed E-state index contributed by atoms with van der Waals surface area (Å²) in [6, 6.07) is 23.2. The van der Waals surface area contributed by atoms with Crippen molar-refractivity contribution in [2.24, 2.45) is 0 Å². The summed E-state index contributed by atoms with van der Waals surface area (Å²) < 4.78 is 28.9. The van der Waals surface area contributed by atoms with E-state index in [1.54, 1.807) is 54.7 Å². The summed E-state index contributed by atoms with van der Waals surface area (Å²) in [6.45, 7) is 11.1. The fourth-order valence-electron chi connectivity index (χ4n) is 5.02. The first kappa shape index (κ1) is 34.0. The molecule has 0 unspecified atom stereocenters. The van der Waals surface area contributed by atoms with E-state index in [2.05, 4.69) is 18.8 Å². The van der Waals surface area contributed by atoms with Crippen LogP contribution < -0.4 is 18.9 Å². The van der Waals surface area contributed by atoms with E-state index in [1.807, 2.05) is 51.1 Å². The number of nitrogens with zero attached hydrogens (tertiary/aromatic N) is 1. The quantitative estimate of drug-likeness (QED) is 0.0668. The second-order valence-electron chi connectivity index (χ2n) is 11.7. The Kier molecular flexibility index (Phi) is 11.3. The van der Waals surface area contributed by atoms with Gasteiger partial charge in [-0.1, -0.05) is 26.7 Å². The van der Waals surface area contributed by atoms with Crippen LogP contribution in [0.3, 0.4) is 0 Å². The number of carbonyl (C=O) groups is 2. The molecular formula is C40H41NO7. The molecule has 0 bridgehead atoms. The molecule has 48 heavy (non-hydrogen) atoms. The van der Waals surface area contributed by atoms with Gasteiger partial charge in [-0.2, -0.15) is 0 Å². The minimum atomic E-state index is -0.438. The molecule has 0 spiro atoms. The summed E-state index contributed by atoms with van der Waals surface area (Å²) in [5.74, 6) is 2.46. The van der Waals surface area contributed by atoms with Gasteiger partial charge in [0.15, 0.2) is 5.76 Å². The number of hydrogen-bond donors (Lipinski definition) is 0. The first-order chi connectivity index (χ1) is 23.2. The molecule has 5 aromatic rings. The van der Waals surface area contributed by atoms with E-state index in [4.69, 9.17) is 23.4 Å². The molecule has 0 aliphatic heterocycles. The maximum absolute atomic E-state index is 13.0. The molecule has 0 saturated heterocycles. The van der Waals surface area contributed by atoms with Crippen molar-refractivity contribution in [1.29, 1.82) is 0 Å². The van der Waals surface area contributed by atoms with Gasteiger partial charge in [-0.25, -0.2) is 14.6 Å². The van der Waals surface area contributed by atoms with Crippen LogP contribution in [0.2, 0.25) is 0 Å². The third-order valence-electron chi connectivity index (χ3n) is 7.85. The predicted octanol–water partition coefficient (Wildman–Crippen LogP) is 9.73. The van der Waals surface area contributed by atoms with Crippen LogP contribution >= 0.6 is 0 Å². The van der Waals surface area contributed by atoms with Crippen molar-refractivity contribution in [3.05, 3.63) is 113 Å². The van der Waals surface area contributed by atoms with Crippen LogP contribution in [0, 0.1) is 20.8 Å². The van der Waals surface area contributed by atoms with Crippen molar-refractivity contribution in [2.75, 3.05) is 13.2 Å². The number of aromatic nitrogens is 1. The molecule has 248 valence electrons. The van der Waals surface area contributed by atoms with E-state index in [9.17, 15) is 9.59 Å².